The Morgan fingerprint density at radius 2 is 2.12 bits per heavy atom. The standard InChI is InChI=1S/C10H6F3NO3/c11-10(12,13)4-8-14-6-2-1-5(9(15)16)3-7(6)17-8/h1-3H,4H2,(H,15,16). The number of hydrogen-bond donors (Lipinski definition) is 1. The third kappa shape index (κ3) is 2.55. The number of carboxylic acids is 1. The van der Waals surface area contributed by atoms with E-state index in [0.717, 1.165) is 6.07 Å². The van der Waals surface area contributed by atoms with Gasteiger partial charge in [0.25, 0.3) is 0 Å². The largest absolute Gasteiger partial charge is 0.478 e. The number of alkyl halides is 3. The Morgan fingerprint density at radius 3 is 2.71 bits per heavy atom. The van der Waals surface area contributed by atoms with Crippen molar-refractivity contribution in [2.45, 2.75) is 12.6 Å². The number of oxazole rings is 1. The van der Waals surface area contributed by atoms with Crippen LogP contribution in [0.3, 0.4) is 0 Å². The number of halogens is 3. The predicted octanol–water partition coefficient (Wildman–Crippen LogP) is 2.63. The van der Waals surface area contributed by atoms with Crippen molar-refractivity contribution >= 4 is 17.1 Å². The maximum atomic E-state index is 12.1. The third-order valence-corrected chi connectivity index (χ3v) is 2.03. The van der Waals surface area contributed by atoms with E-state index in [1.54, 1.807) is 0 Å². The second kappa shape index (κ2) is 3.76. The van der Waals surface area contributed by atoms with Gasteiger partial charge in [0.1, 0.15) is 11.9 Å². The van der Waals surface area contributed by atoms with E-state index in [0.29, 0.717) is 0 Å². The summed E-state index contributed by atoms with van der Waals surface area (Å²) in [5.41, 5.74) is 0.172. The van der Waals surface area contributed by atoms with Gasteiger partial charge in [-0.1, -0.05) is 0 Å². The normalized spacial score (nSPS) is 11.9. The van der Waals surface area contributed by atoms with E-state index in [2.05, 4.69) is 4.98 Å². The smallest absolute Gasteiger partial charge is 0.397 e. The topological polar surface area (TPSA) is 63.3 Å². The number of carboxylic acid groups (broad SMARTS) is 1. The number of aromatic carboxylic acids is 1. The Labute approximate surface area is 92.7 Å². The quantitative estimate of drug-likeness (QED) is 0.883. The summed E-state index contributed by atoms with van der Waals surface area (Å²) in [6.07, 6.45) is -5.68. The van der Waals surface area contributed by atoms with Gasteiger partial charge in [0, 0.05) is 0 Å². The Hall–Kier alpha value is -2.05. The molecule has 1 aromatic carbocycles. The molecule has 0 aliphatic carbocycles. The molecule has 0 fully saturated rings. The van der Waals surface area contributed by atoms with Gasteiger partial charge in [-0.15, -0.1) is 0 Å². The maximum Gasteiger partial charge on any atom is 0.397 e. The van der Waals surface area contributed by atoms with Crippen LogP contribution in [0.1, 0.15) is 16.2 Å². The van der Waals surface area contributed by atoms with Crippen molar-refractivity contribution in [2.75, 3.05) is 0 Å². The fourth-order valence-electron chi connectivity index (χ4n) is 1.35. The van der Waals surface area contributed by atoms with Gasteiger partial charge in [0.2, 0.25) is 5.89 Å². The highest BCUT2D eigenvalue weighted by atomic mass is 19.4. The van der Waals surface area contributed by atoms with Crippen molar-refractivity contribution < 1.29 is 27.5 Å². The first-order valence-corrected chi connectivity index (χ1v) is 4.55. The first-order chi connectivity index (χ1) is 7.85. The van der Waals surface area contributed by atoms with E-state index < -0.39 is 24.5 Å². The van der Waals surface area contributed by atoms with Crippen LogP contribution in [0.4, 0.5) is 13.2 Å². The van der Waals surface area contributed by atoms with Gasteiger partial charge in [-0.25, -0.2) is 9.78 Å². The maximum absolute atomic E-state index is 12.1. The Bertz CT molecular complexity index is 574. The van der Waals surface area contributed by atoms with Crippen LogP contribution in [0, 0.1) is 0 Å². The minimum atomic E-state index is -4.41. The van der Waals surface area contributed by atoms with Gasteiger partial charge in [-0.05, 0) is 18.2 Å². The van der Waals surface area contributed by atoms with Gasteiger partial charge >= 0.3 is 12.1 Å². The second-order valence-corrected chi connectivity index (χ2v) is 3.39. The second-order valence-electron chi connectivity index (χ2n) is 3.39. The fraction of sp³-hybridized carbons (Fsp3) is 0.200. The molecule has 0 amide bonds. The van der Waals surface area contributed by atoms with Crippen LogP contribution < -0.4 is 0 Å². The summed E-state index contributed by atoms with van der Waals surface area (Å²) < 4.78 is 41.1. The molecule has 2 aromatic rings. The van der Waals surface area contributed by atoms with Crippen LogP contribution in [0.25, 0.3) is 11.1 Å². The lowest BCUT2D eigenvalue weighted by Crippen LogP contribution is -2.11. The predicted molar refractivity (Wildman–Crippen MR) is 50.7 cm³/mol. The molecule has 0 spiro atoms. The number of rotatable bonds is 2. The van der Waals surface area contributed by atoms with E-state index in [1.807, 2.05) is 0 Å². The molecule has 7 heteroatoms. The van der Waals surface area contributed by atoms with Crippen molar-refractivity contribution in [3.05, 3.63) is 29.7 Å². The van der Waals surface area contributed by atoms with Crippen LogP contribution in [0.5, 0.6) is 0 Å². The average molecular weight is 245 g/mol. The molecule has 1 aromatic heterocycles. The first kappa shape index (κ1) is 11.4. The van der Waals surface area contributed by atoms with E-state index >= 15 is 0 Å². The van der Waals surface area contributed by atoms with E-state index in [-0.39, 0.29) is 16.7 Å². The summed E-state index contributed by atoms with van der Waals surface area (Å²) in [6.45, 7) is 0. The molecule has 0 aliphatic heterocycles. The Morgan fingerprint density at radius 1 is 1.41 bits per heavy atom. The summed E-state index contributed by atoms with van der Waals surface area (Å²) in [5.74, 6) is -1.66. The molecule has 0 saturated carbocycles. The molecule has 90 valence electrons. The van der Waals surface area contributed by atoms with Gasteiger partial charge in [-0.2, -0.15) is 13.2 Å². The molecule has 0 radical (unpaired) electrons. The zero-order chi connectivity index (χ0) is 12.6. The summed E-state index contributed by atoms with van der Waals surface area (Å²) in [7, 11) is 0. The summed E-state index contributed by atoms with van der Waals surface area (Å²) >= 11 is 0. The molecule has 0 bridgehead atoms. The minimum Gasteiger partial charge on any atom is -0.478 e. The van der Waals surface area contributed by atoms with Crippen molar-refractivity contribution in [3.8, 4) is 0 Å². The third-order valence-electron chi connectivity index (χ3n) is 2.03. The summed E-state index contributed by atoms with van der Waals surface area (Å²) in [4.78, 5) is 14.3. The van der Waals surface area contributed by atoms with Crippen LogP contribution >= 0.6 is 0 Å². The Kier molecular flexibility index (Phi) is 2.53. The molecule has 1 heterocycles. The highest BCUT2D eigenvalue weighted by Crippen LogP contribution is 2.24. The van der Waals surface area contributed by atoms with E-state index in [4.69, 9.17) is 9.52 Å². The van der Waals surface area contributed by atoms with E-state index in [1.165, 1.54) is 12.1 Å². The number of fused-ring (bicyclic) bond motifs is 1. The van der Waals surface area contributed by atoms with E-state index in [9.17, 15) is 18.0 Å². The molecule has 4 nitrogen and oxygen atoms in total. The van der Waals surface area contributed by atoms with Crippen molar-refractivity contribution in [1.82, 2.24) is 4.98 Å². The SMILES string of the molecule is O=C(O)c1ccc2nc(CC(F)(F)F)oc2c1. The molecule has 17 heavy (non-hydrogen) atoms. The molecular formula is C10H6F3NO3. The zero-order valence-electron chi connectivity index (χ0n) is 8.28. The number of nitrogens with zero attached hydrogens (tertiary/aromatic N) is 1. The molecular weight excluding hydrogens is 239 g/mol. The van der Waals surface area contributed by atoms with Gasteiger partial charge in [0.15, 0.2) is 5.58 Å². The number of benzene rings is 1. The zero-order valence-corrected chi connectivity index (χ0v) is 8.28. The highest BCUT2D eigenvalue weighted by Gasteiger charge is 2.30. The minimum absolute atomic E-state index is 0.0316. The lowest BCUT2D eigenvalue weighted by Gasteiger charge is -2.00. The lowest BCUT2D eigenvalue weighted by molar-refractivity contribution is -0.130. The van der Waals surface area contributed by atoms with Crippen molar-refractivity contribution in [3.63, 3.8) is 0 Å². The number of hydrogen-bond acceptors (Lipinski definition) is 3. The van der Waals surface area contributed by atoms with Crippen LogP contribution in [-0.4, -0.2) is 22.2 Å². The summed E-state index contributed by atoms with van der Waals surface area (Å²) in [5, 5.41) is 8.70. The lowest BCUT2D eigenvalue weighted by atomic mass is 10.2. The molecule has 0 aliphatic rings. The van der Waals surface area contributed by atoms with Gasteiger partial charge < -0.3 is 9.52 Å². The van der Waals surface area contributed by atoms with Crippen LogP contribution in [-0.2, 0) is 6.42 Å². The fourth-order valence-corrected chi connectivity index (χ4v) is 1.35. The molecule has 0 unspecified atom stereocenters. The number of aromatic nitrogens is 1. The van der Waals surface area contributed by atoms with Crippen molar-refractivity contribution in [2.24, 2.45) is 0 Å². The monoisotopic (exact) mass is 245 g/mol. The van der Waals surface area contributed by atoms with Gasteiger partial charge in [0.05, 0.1) is 5.56 Å². The number of carbonyl (C=O) groups is 1. The van der Waals surface area contributed by atoms with Crippen LogP contribution in [0.15, 0.2) is 22.6 Å². The highest BCUT2D eigenvalue weighted by molar-refractivity contribution is 5.91. The Balaban J connectivity index is 2.40. The average Bonchev–Trinajstić information content (AvgIpc) is 2.54. The molecule has 0 saturated heterocycles. The van der Waals surface area contributed by atoms with Crippen LogP contribution in [0.2, 0.25) is 0 Å². The van der Waals surface area contributed by atoms with Gasteiger partial charge in [-0.3, -0.25) is 0 Å². The molecule has 0 atom stereocenters. The summed E-state index contributed by atoms with van der Waals surface area (Å²) in [6, 6.07) is 3.71. The first-order valence-electron chi connectivity index (χ1n) is 4.55. The van der Waals surface area contributed by atoms with Crippen molar-refractivity contribution in [1.29, 1.82) is 0 Å². The molecule has 1 N–H and O–H groups in total. The molecule has 2 rings (SSSR count).